The Kier molecular flexibility index (Phi) is 4.25. The van der Waals surface area contributed by atoms with Crippen LogP contribution in [0.4, 0.5) is 10.1 Å². The van der Waals surface area contributed by atoms with Gasteiger partial charge in [-0.2, -0.15) is 5.10 Å². The van der Waals surface area contributed by atoms with Gasteiger partial charge in [0.1, 0.15) is 11.4 Å². The Hall–Kier alpha value is -2.47. The zero-order valence-corrected chi connectivity index (χ0v) is 13.7. The maximum Gasteiger partial charge on any atom is 0.345 e. The summed E-state index contributed by atoms with van der Waals surface area (Å²) >= 11 is 3.39. The standard InChI is InChI=1S/C17H12BrFN2O2/c1-10(20-21-14-5-3-13(19)4-6-14)15-9-11-8-12(18)2-7-16(11)23-17(15)22/h2-9,21H,1H3/b20-10+. The van der Waals surface area contributed by atoms with Crippen molar-refractivity contribution in [2.75, 3.05) is 5.43 Å². The molecule has 0 spiro atoms. The van der Waals surface area contributed by atoms with Crippen LogP contribution in [0, 0.1) is 5.82 Å². The second kappa shape index (κ2) is 6.34. The fourth-order valence-corrected chi connectivity index (χ4v) is 2.46. The third-order valence-corrected chi connectivity index (χ3v) is 3.77. The molecule has 0 amide bonds. The van der Waals surface area contributed by atoms with Gasteiger partial charge in [0, 0.05) is 9.86 Å². The van der Waals surface area contributed by atoms with E-state index in [4.69, 9.17) is 4.42 Å². The maximum atomic E-state index is 12.9. The highest BCUT2D eigenvalue weighted by Crippen LogP contribution is 2.19. The molecule has 1 N–H and O–H groups in total. The predicted molar refractivity (Wildman–Crippen MR) is 92.4 cm³/mol. The summed E-state index contributed by atoms with van der Waals surface area (Å²) in [5.41, 5.74) is 4.31. The highest BCUT2D eigenvalue weighted by Gasteiger charge is 2.08. The summed E-state index contributed by atoms with van der Waals surface area (Å²) in [6.07, 6.45) is 0. The number of anilines is 1. The molecule has 0 saturated heterocycles. The van der Waals surface area contributed by atoms with Crippen molar-refractivity contribution in [1.82, 2.24) is 0 Å². The van der Waals surface area contributed by atoms with Crippen LogP contribution < -0.4 is 11.1 Å². The maximum absolute atomic E-state index is 12.9. The molecule has 0 unspecified atom stereocenters. The van der Waals surface area contributed by atoms with Gasteiger partial charge in [0.05, 0.1) is 17.0 Å². The molecular weight excluding hydrogens is 363 g/mol. The third-order valence-electron chi connectivity index (χ3n) is 3.28. The smallest absolute Gasteiger partial charge is 0.345 e. The molecule has 116 valence electrons. The first kappa shape index (κ1) is 15.4. The molecule has 0 radical (unpaired) electrons. The summed E-state index contributed by atoms with van der Waals surface area (Å²) in [6.45, 7) is 1.70. The Morgan fingerprint density at radius 2 is 1.91 bits per heavy atom. The van der Waals surface area contributed by atoms with Gasteiger partial charge in [0.25, 0.3) is 0 Å². The molecule has 3 rings (SSSR count). The van der Waals surface area contributed by atoms with Gasteiger partial charge >= 0.3 is 5.63 Å². The minimum Gasteiger partial charge on any atom is -0.422 e. The summed E-state index contributed by atoms with van der Waals surface area (Å²) in [6, 6.07) is 12.9. The minimum atomic E-state index is -0.457. The van der Waals surface area contributed by atoms with Gasteiger partial charge in [-0.15, -0.1) is 0 Å². The van der Waals surface area contributed by atoms with E-state index in [1.165, 1.54) is 12.1 Å². The van der Waals surface area contributed by atoms with E-state index in [0.717, 1.165) is 9.86 Å². The summed E-state index contributed by atoms with van der Waals surface area (Å²) in [7, 11) is 0. The number of hydrogen-bond donors (Lipinski definition) is 1. The molecule has 1 heterocycles. The Bertz CT molecular complexity index is 949. The van der Waals surface area contributed by atoms with Gasteiger partial charge in [0.2, 0.25) is 0 Å². The van der Waals surface area contributed by atoms with Crippen LogP contribution in [0.5, 0.6) is 0 Å². The molecule has 0 fully saturated rings. The Labute approximate surface area is 139 Å². The Morgan fingerprint density at radius 3 is 2.65 bits per heavy atom. The SMILES string of the molecule is C/C(=N\Nc1ccc(F)cc1)c1cc2cc(Br)ccc2oc1=O. The first-order valence-electron chi connectivity index (χ1n) is 6.82. The number of hydrogen-bond acceptors (Lipinski definition) is 4. The third kappa shape index (κ3) is 3.48. The van der Waals surface area contributed by atoms with Gasteiger partial charge in [-0.1, -0.05) is 15.9 Å². The van der Waals surface area contributed by atoms with Gasteiger partial charge in [-0.25, -0.2) is 9.18 Å². The molecule has 0 atom stereocenters. The zero-order chi connectivity index (χ0) is 16.4. The molecule has 0 saturated carbocycles. The molecule has 0 aliphatic heterocycles. The molecule has 3 aromatic rings. The van der Waals surface area contributed by atoms with Gasteiger partial charge < -0.3 is 4.42 Å². The fraction of sp³-hybridized carbons (Fsp3) is 0.0588. The Balaban J connectivity index is 1.94. The van der Waals surface area contributed by atoms with Crippen LogP contribution in [0.15, 0.2) is 67.3 Å². The van der Waals surface area contributed by atoms with Crippen molar-refractivity contribution < 1.29 is 8.81 Å². The van der Waals surface area contributed by atoms with Gasteiger partial charge in [0.15, 0.2) is 0 Å². The molecule has 4 nitrogen and oxygen atoms in total. The van der Waals surface area contributed by atoms with Crippen molar-refractivity contribution >= 4 is 38.3 Å². The molecular formula is C17H12BrFN2O2. The van der Waals surface area contributed by atoms with Gasteiger partial charge in [-0.05, 0) is 55.5 Å². The summed E-state index contributed by atoms with van der Waals surface area (Å²) in [5.74, 6) is -0.322. The molecule has 6 heteroatoms. The summed E-state index contributed by atoms with van der Waals surface area (Å²) in [5, 5.41) is 4.95. The fourth-order valence-electron chi connectivity index (χ4n) is 2.08. The largest absolute Gasteiger partial charge is 0.422 e. The number of halogens is 2. The van der Waals surface area contributed by atoms with E-state index in [2.05, 4.69) is 26.5 Å². The second-order valence-electron chi connectivity index (χ2n) is 4.95. The number of nitrogens with one attached hydrogen (secondary N) is 1. The monoisotopic (exact) mass is 374 g/mol. The van der Waals surface area contributed by atoms with Crippen molar-refractivity contribution in [2.24, 2.45) is 5.10 Å². The highest BCUT2D eigenvalue weighted by atomic mass is 79.9. The second-order valence-corrected chi connectivity index (χ2v) is 5.86. The predicted octanol–water partition coefficient (Wildman–Crippen LogP) is 4.53. The molecule has 0 aliphatic rings. The van der Waals surface area contributed by atoms with Crippen LogP contribution >= 0.6 is 15.9 Å². The lowest BCUT2D eigenvalue weighted by molar-refractivity contribution is 0.559. The number of nitrogens with zero attached hydrogens (tertiary/aromatic N) is 1. The normalized spacial score (nSPS) is 11.7. The highest BCUT2D eigenvalue weighted by molar-refractivity contribution is 9.10. The van der Waals surface area contributed by atoms with E-state index in [1.807, 2.05) is 12.1 Å². The first-order chi connectivity index (χ1) is 11.0. The number of rotatable bonds is 3. The van der Waals surface area contributed by atoms with Crippen LogP contribution in [0.2, 0.25) is 0 Å². The average Bonchev–Trinajstić information content (AvgIpc) is 2.54. The molecule has 1 aromatic heterocycles. The zero-order valence-electron chi connectivity index (χ0n) is 12.1. The topological polar surface area (TPSA) is 54.6 Å². The summed E-state index contributed by atoms with van der Waals surface area (Å²) < 4.78 is 19.1. The van der Waals surface area contributed by atoms with Crippen LogP contribution in [0.1, 0.15) is 12.5 Å². The van der Waals surface area contributed by atoms with Crippen LogP contribution in [0.3, 0.4) is 0 Å². The lowest BCUT2D eigenvalue weighted by Gasteiger charge is -2.04. The first-order valence-corrected chi connectivity index (χ1v) is 7.62. The van der Waals surface area contributed by atoms with Crippen molar-refractivity contribution in [1.29, 1.82) is 0 Å². The Morgan fingerprint density at radius 1 is 1.17 bits per heavy atom. The lowest BCUT2D eigenvalue weighted by atomic mass is 10.1. The van der Waals surface area contributed by atoms with E-state index in [-0.39, 0.29) is 5.82 Å². The lowest BCUT2D eigenvalue weighted by Crippen LogP contribution is -2.13. The molecule has 23 heavy (non-hydrogen) atoms. The number of benzene rings is 2. The van der Waals surface area contributed by atoms with E-state index in [1.54, 1.807) is 31.2 Å². The number of fused-ring (bicyclic) bond motifs is 1. The van der Waals surface area contributed by atoms with E-state index >= 15 is 0 Å². The van der Waals surface area contributed by atoms with Crippen LogP contribution in [-0.2, 0) is 0 Å². The van der Waals surface area contributed by atoms with E-state index in [0.29, 0.717) is 22.5 Å². The van der Waals surface area contributed by atoms with Crippen molar-refractivity contribution in [3.05, 3.63) is 74.8 Å². The van der Waals surface area contributed by atoms with Crippen molar-refractivity contribution in [3.63, 3.8) is 0 Å². The van der Waals surface area contributed by atoms with Crippen LogP contribution in [0.25, 0.3) is 11.0 Å². The molecule has 0 aliphatic carbocycles. The number of hydrazone groups is 1. The van der Waals surface area contributed by atoms with Crippen molar-refractivity contribution in [3.8, 4) is 0 Å². The summed E-state index contributed by atoms with van der Waals surface area (Å²) in [4.78, 5) is 12.1. The van der Waals surface area contributed by atoms with Gasteiger partial charge in [-0.3, -0.25) is 5.43 Å². The quantitative estimate of drug-likeness (QED) is 0.416. The average molecular weight is 375 g/mol. The van der Waals surface area contributed by atoms with Crippen molar-refractivity contribution in [2.45, 2.75) is 6.92 Å². The minimum absolute atomic E-state index is 0.322. The van der Waals surface area contributed by atoms with E-state index in [9.17, 15) is 9.18 Å². The van der Waals surface area contributed by atoms with E-state index < -0.39 is 5.63 Å². The molecule has 0 bridgehead atoms. The van der Waals surface area contributed by atoms with Crippen LogP contribution in [-0.4, -0.2) is 5.71 Å². The molecule has 2 aromatic carbocycles.